The predicted molar refractivity (Wildman–Crippen MR) is 83.9 cm³/mol. The molecule has 0 saturated carbocycles. The molecule has 124 valence electrons. The summed E-state index contributed by atoms with van der Waals surface area (Å²) >= 11 is 0. The van der Waals surface area contributed by atoms with E-state index in [2.05, 4.69) is 10.2 Å². The van der Waals surface area contributed by atoms with Crippen LogP contribution in [0.5, 0.6) is 17.2 Å². The Bertz CT molecular complexity index is 453. The number of rotatable bonds is 7. The number of halogens is 1. The zero-order chi connectivity index (χ0) is 15.9. The lowest BCUT2D eigenvalue weighted by Gasteiger charge is -2.36. The molecule has 1 aromatic carbocycles. The minimum atomic E-state index is -0.382. The van der Waals surface area contributed by atoms with Crippen molar-refractivity contribution >= 4 is 0 Å². The third-order valence-electron chi connectivity index (χ3n) is 4.06. The number of hydrogen-bond donors (Lipinski definition) is 1. The molecule has 0 unspecified atom stereocenters. The molecule has 6 heteroatoms. The van der Waals surface area contributed by atoms with Crippen LogP contribution in [0, 0.1) is 0 Å². The molecule has 0 radical (unpaired) electrons. The highest BCUT2D eigenvalue weighted by Crippen LogP contribution is 2.42. The smallest absolute Gasteiger partial charge is 0.131 e. The molecule has 1 aliphatic heterocycles. The maximum atomic E-state index is 13.2. The minimum Gasteiger partial charge on any atom is -0.496 e. The quantitative estimate of drug-likeness (QED) is 0.834. The normalized spacial score (nSPS) is 17.1. The lowest BCUT2D eigenvalue weighted by atomic mass is 9.99. The Balaban J connectivity index is 2.44. The van der Waals surface area contributed by atoms with Gasteiger partial charge in [0.15, 0.2) is 0 Å². The van der Waals surface area contributed by atoms with Crippen LogP contribution >= 0.6 is 0 Å². The molecule has 1 N–H and O–H groups in total. The van der Waals surface area contributed by atoms with Crippen LogP contribution in [0.2, 0.25) is 0 Å². The molecule has 0 aromatic heterocycles. The highest BCUT2D eigenvalue weighted by atomic mass is 19.1. The average molecular weight is 312 g/mol. The Morgan fingerprint density at radius 2 is 1.68 bits per heavy atom. The first-order valence-corrected chi connectivity index (χ1v) is 7.55. The number of methoxy groups -OCH3 is 3. The van der Waals surface area contributed by atoms with E-state index in [4.69, 9.17) is 14.2 Å². The van der Waals surface area contributed by atoms with Gasteiger partial charge in [0.2, 0.25) is 0 Å². The summed E-state index contributed by atoms with van der Waals surface area (Å²) in [6.07, 6.45) is 0.416. The second-order valence-corrected chi connectivity index (χ2v) is 5.23. The van der Waals surface area contributed by atoms with E-state index in [9.17, 15) is 4.39 Å². The second kappa shape index (κ2) is 8.19. The van der Waals surface area contributed by atoms with Crippen molar-refractivity contribution in [2.75, 3.05) is 54.2 Å². The summed E-state index contributed by atoms with van der Waals surface area (Å²) in [6, 6.07) is 3.58. The van der Waals surface area contributed by atoms with E-state index in [1.165, 1.54) is 0 Å². The lowest BCUT2D eigenvalue weighted by molar-refractivity contribution is 0.152. The number of hydrogen-bond acceptors (Lipinski definition) is 5. The second-order valence-electron chi connectivity index (χ2n) is 5.23. The van der Waals surface area contributed by atoms with Crippen molar-refractivity contribution in [1.82, 2.24) is 10.2 Å². The van der Waals surface area contributed by atoms with Gasteiger partial charge in [0.1, 0.15) is 17.2 Å². The van der Waals surface area contributed by atoms with Gasteiger partial charge in [0.25, 0.3) is 0 Å². The van der Waals surface area contributed by atoms with E-state index in [-0.39, 0.29) is 12.7 Å². The fraction of sp³-hybridized carbons (Fsp3) is 0.625. The van der Waals surface area contributed by atoms with Crippen LogP contribution in [-0.2, 0) is 0 Å². The number of alkyl halides is 1. The molecule has 1 fully saturated rings. The highest BCUT2D eigenvalue weighted by Gasteiger charge is 2.28. The standard InChI is InChI=1S/C16H25FN2O3/c1-20-12-10-14(21-2)16(15(11-12)22-3)13(4-5-17)19-8-6-18-7-9-19/h10-11,13,18H,4-9H2,1-3H3/t13-/m1/s1. The van der Waals surface area contributed by atoms with Crippen LogP contribution in [0.25, 0.3) is 0 Å². The summed E-state index contributed by atoms with van der Waals surface area (Å²) in [5.41, 5.74) is 0.894. The maximum absolute atomic E-state index is 13.2. The Kier molecular flexibility index (Phi) is 6.27. The van der Waals surface area contributed by atoms with Gasteiger partial charge in [-0.1, -0.05) is 0 Å². The summed E-state index contributed by atoms with van der Waals surface area (Å²) in [7, 11) is 4.83. The van der Waals surface area contributed by atoms with E-state index in [0.717, 1.165) is 31.7 Å². The molecule has 1 atom stereocenters. The van der Waals surface area contributed by atoms with Gasteiger partial charge in [-0.2, -0.15) is 0 Å². The van der Waals surface area contributed by atoms with Crippen molar-refractivity contribution < 1.29 is 18.6 Å². The van der Waals surface area contributed by atoms with E-state index >= 15 is 0 Å². The van der Waals surface area contributed by atoms with Crippen molar-refractivity contribution in [3.05, 3.63) is 17.7 Å². The summed E-state index contributed by atoms with van der Waals surface area (Å²) < 4.78 is 29.5. The topological polar surface area (TPSA) is 43.0 Å². The predicted octanol–water partition coefficient (Wildman–Crippen LogP) is 2.02. The van der Waals surface area contributed by atoms with Gasteiger partial charge in [-0.15, -0.1) is 0 Å². The van der Waals surface area contributed by atoms with Crippen LogP contribution in [0.15, 0.2) is 12.1 Å². The molecular weight excluding hydrogens is 287 g/mol. The van der Waals surface area contributed by atoms with Crippen molar-refractivity contribution in [3.63, 3.8) is 0 Å². The fourth-order valence-corrected chi connectivity index (χ4v) is 2.97. The molecule has 1 aromatic rings. The molecular formula is C16H25FN2O3. The SMILES string of the molecule is COc1cc(OC)c([C@@H](CCF)N2CCNCC2)c(OC)c1. The highest BCUT2D eigenvalue weighted by molar-refractivity contribution is 5.52. The summed E-state index contributed by atoms with van der Waals surface area (Å²) in [4.78, 5) is 2.28. The number of benzene rings is 1. The van der Waals surface area contributed by atoms with Crippen LogP contribution in [0.1, 0.15) is 18.0 Å². The molecule has 2 rings (SSSR count). The fourth-order valence-electron chi connectivity index (χ4n) is 2.97. The van der Waals surface area contributed by atoms with Gasteiger partial charge in [-0.05, 0) is 6.42 Å². The van der Waals surface area contributed by atoms with Crippen LogP contribution in [0.3, 0.4) is 0 Å². The number of ether oxygens (including phenoxy) is 3. The Hall–Kier alpha value is -1.53. The molecule has 0 amide bonds. The minimum absolute atomic E-state index is 0.0668. The van der Waals surface area contributed by atoms with Gasteiger partial charge < -0.3 is 19.5 Å². The van der Waals surface area contributed by atoms with Crippen LogP contribution in [0.4, 0.5) is 4.39 Å². The Morgan fingerprint density at radius 1 is 1.09 bits per heavy atom. The first kappa shape index (κ1) is 16.8. The first-order chi connectivity index (χ1) is 10.7. The van der Waals surface area contributed by atoms with Gasteiger partial charge in [0, 0.05) is 44.4 Å². The zero-order valence-corrected chi connectivity index (χ0v) is 13.5. The van der Waals surface area contributed by atoms with Gasteiger partial charge >= 0.3 is 0 Å². The molecule has 5 nitrogen and oxygen atoms in total. The molecule has 22 heavy (non-hydrogen) atoms. The molecule has 0 bridgehead atoms. The van der Waals surface area contributed by atoms with Gasteiger partial charge in [-0.25, -0.2) is 0 Å². The third-order valence-corrected chi connectivity index (χ3v) is 4.06. The molecule has 1 aliphatic rings. The Labute approximate surface area is 131 Å². The van der Waals surface area contributed by atoms with E-state index in [1.54, 1.807) is 21.3 Å². The summed E-state index contributed by atoms with van der Waals surface area (Å²) in [5.74, 6) is 2.01. The molecule has 1 heterocycles. The van der Waals surface area contributed by atoms with Crippen molar-refractivity contribution in [1.29, 1.82) is 0 Å². The van der Waals surface area contributed by atoms with Crippen molar-refractivity contribution in [2.45, 2.75) is 12.5 Å². The van der Waals surface area contributed by atoms with Crippen molar-refractivity contribution in [3.8, 4) is 17.2 Å². The van der Waals surface area contributed by atoms with E-state index in [1.807, 2.05) is 12.1 Å². The van der Waals surface area contributed by atoms with E-state index in [0.29, 0.717) is 23.7 Å². The van der Waals surface area contributed by atoms with E-state index < -0.39 is 0 Å². The monoisotopic (exact) mass is 312 g/mol. The lowest BCUT2D eigenvalue weighted by Crippen LogP contribution is -2.45. The first-order valence-electron chi connectivity index (χ1n) is 7.55. The van der Waals surface area contributed by atoms with Gasteiger partial charge in [0.05, 0.1) is 33.6 Å². The summed E-state index contributed by atoms with van der Waals surface area (Å²) in [5, 5.41) is 3.32. The number of nitrogens with zero attached hydrogens (tertiary/aromatic N) is 1. The van der Waals surface area contributed by atoms with Gasteiger partial charge in [-0.3, -0.25) is 9.29 Å². The molecule has 0 aliphatic carbocycles. The average Bonchev–Trinajstić information content (AvgIpc) is 2.59. The zero-order valence-electron chi connectivity index (χ0n) is 13.5. The molecule has 1 saturated heterocycles. The number of piperazine rings is 1. The van der Waals surface area contributed by atoms with Crippen LogP contribution < -0.4 is 19.5 Å². The third kappa shape index (κ3) is 3.62. The number of nitrogens with one attached hydrogen (secondary N) is 1. The maximum Gasteiger partial charge on any atom is 0.131 e. The largest absolute Gasteiger partial charge is 0.496 e. The summed E-state index contributed by atoms with van der Waals surface area (Å²) in [6.45, 7) is 3.19. The molecule has 0 spiro atoms. The van der Waals surface area contributed by atoms with Crippen molar-refractivity contribution in [2.24, 2.45) is 0 Å². The van der Waals surface area contributed by atoms with Crippen LogP contribution in [-0.4, -0.2) is 59.1 Å². The Morgan fingerprint density at radius 3 is 2.14 bits per heavy atom.